The van der Waals surface area contributed by atoms with Crippen molar-refractivity contribution >= 4 is 15.9 Å². The van der Waals surface area contributed by atoms with Gasteiger partial charge in [0.1, 0.15) is 0 Å². The summed E-state index contributed by atoms with van der Waals surface area (Å²) in [7, 11) is 0. The first-order valence-corrected chi connectivity index (χ1v) is 6.66. The highest BCUT2D eigenvalue weighted by atomic mass is 79.9. The monoisotopic (exact) mass is 281 g/mol. The van der Waals surface area contributed by atoms with E-state index in [0.29, 0.717) is 11.8 Å². The van der Waals surface area contributed by atoms with Crippen LogP contribution in [0.2, 0.25) is 0 Å². The second kappa shape index (κ2) is 3.83. The van der Waals surface area contributed by atoms with Crippen molar-refractivity contribution in [2.24, 2.45) is 11.8 Å². The maximum atomic E-state index is 10.7. The summed E-state index contributed by atoms with van der Waals surface area (Å²) >= 11 is 3.47. The first kappa shape index (κ1) is 10.8. The van der Waals surface area contributed by atoms with Crippen molar-refractivity contribution < 1.29 is 5.11 Å². The van der Waals surface area contributed by atoms with Gasteiger partial charge in [-0.05, 0) is 55.5 Å². The minimum absolute atomic E-state index is 0.596. The van der Waals surface area contributed by atoms with Crippen molar-refractivity contribution in [3.63, 3.8) is 0 Å². The number of halogens is 1. The summed E-state index contributed by atoms with van der Waals surface area (Å²) in [6.07, 6.45) is 1.81. The van der Waals surface area contributed by atoms with Crippen LogP contribution in [0.4, 0.5) is 0 Å². The van der Waals surface area contributed by atoms with Crippen molar-refractivity contribution in [3.8, 4) is 0 Å². The van der Waals surface area contributed by atoms with Crippen LogP contribution in [-0.2, 0) is 5.60 Å². The Hall–Kier alpha value is -0.380. The van der Waals surface area contributed by atoms with Gasteiger partial charge >= 0.3 is 0 Å². The van der Waals surface area contributed by atoms with Crippen molar-refractivity contribution in [2.75, 3.05) is 13.1 Å². The van der Waals surface area contributed by atoms with Gasteiger partial charge in [-0.15, -0.1) is 0 Å². The molecule has 0 spiro atoms. The van der Waals surface area contributed by atoms with Crippen LogP contribution in [0, 0.1) is 11.8 Å². The van der Waals surface area contributed by atoms with Gasteiger partial charge in [0.25, 0.3) is 0 Å². The molecule has 2 fully saturated rings. The van der Waals surface area contributed by atoms with E-state index in [2.05, 4.69) is 27.3 Å². The first-order chi connectivity index (χ1) is 7.67. The fourth-order valence-corrected chi connectivity index (χ4v) is 3.63. The number of fused-ring (bicyclic) bond motifs is 1. The molecule has 1 aromatic rings. The molecule has 0 bridgehead atoms. The molecule has 86 valence electrons. The summed E-state index contributed by atoms with van der Waals surface area (Å²) in [5.41, 5.74) is 0.470. The SMILES string of the molecule is OC1(c2cccc(Br)c2)CC2CNCC2C1. The number of nitrogens with one attached hydrogen (secondary N) is 1. The minimum atomic E-state index is -0.596. The van der Waals surface area contributed by atoms with E-state index in [1.807, 2.05) is 18.2 Å². The largest absolute Gasteiger partial charge is 0.385 e. The predicted molar refractivity (Wildman–Crippen MR) is 67.1 cm³/mol. The van der Waals surface area contributed by atoms with Gasteiger partial charge in [-0.2, -0.15) is 0 Å². The van der Waals surface area contributed by atoms with Gasteiger partial charge in [0.15, 0.2) is 0 Å². The highest BCUT2D eigenvalue weighted by Crippen LogP contribution is 2.47. The zero-order chi connectivity index (χ0) is 11.2. The maximum absolute atomic E-state index is 10.7. The summed E-state index contributed by atoms with van der Waals surface area (Å²) in [4.78, 5) is 0. The second-order valence-corrected chi connectivity index (χ2v) is 6.04. The molecule has 0 amide bonds. The van der Waals surface area contributed by atoms with Gasteiger partial charge < -0.3 is 10.4 Å². The maximum Gasteiger partial charge on any atom is 0.0903 e. The molecule has 1 aliphatic heterocycles. The summed E-state index contributed by atoms with van der Waals surface area (Å²) in [6, 6.07) is 8.10. The Kier molecular flexibility index (Phi) is 2.57. The molecule has 2 unspecified atom stereocenters. The lowest BCUT2D eigenvalue weighted by Crippen LogP contribution is -2.25. The molecule has 1 saturated carbocycles. The third kappa shape index (κ3) is 1.71. The Labute approximate surface area is 104 Å². The van der Waals surface area contributed by atoms with Gasteiger partial charge in [0, 0.05) is 4.47 Å². The Balaban J connectivity index is 1.89. The highest BCUT2D eigenvalue weighted by Gasteiger charge is 2.46. The summed E-state index contributed by atoms with van der Waals surface area (Å²) in [5, 5.41) is 14.1. The van der Waals surface area contributed by atoms with E-state index in [1.165, 1.54) is 0 Å². The molecule has 3 heteroatoms. The van der Waals surface area contributed by atoms with Crippen LogP contribution >= 0.6 is 15.9 Å². The lowest BCUT2D eigenvalue weighted by molar-refractivity contribution is 0.0358. The van der Waals surface area contributed by atoms with Crippen LogP contribution in [0.5, 0.6) is 0 Å². The van der Waals surface area contributed by atoms with E-state index in [0.717, 1.165) is 36.0 Å². The van der Waals surface area contributed by atoms with Crippen molar-refractivity contribution in [1.29, 1.82) is 0 Å². The fourth-order valence-electron chi connectivity index (χ4n) is 3.23. The topological polar surface area (TPSA) is 32.3 Å². The van der Waals surface area contributed by atoms with E-state index in [-0.39, 0.29) is 0 Å². The van der Waals surface area contributed by atoms with Gasteiger partial charge in [-0.3, -0.25) is 0 Å². The number of hydrogen-bond acceptors (Lipinski definition) is 2. The van der Waals surface area contributed by atoms with Gasteiger partial charge in [-0.1, -0.05) is 28.1 Å². The quantitative estimate of drug-likeness (QED) is 0.828. The molecule has 1 aliphatic carbocycles. The molecule has 2 N–H and O–H groups in total. The molecule has 2 nitrogen and oxygen atoms in total. The Morgan fingerprint density at radius 2 is 1.94 bits per heavy atom. The average Bonchev–Trinajstić information content (AvgIpc) is 2.76. The molecule has 1 aromatic carbocycles. The van der Waals surface area contributed by atoms with Gasteiger partial charge in [0.2, 0.25) is 0 Å². The van der Waals surface area contributed by atoms with Crippen molar-refractivity contribution in [1.82, 2.24) is 5.32 Å². The number of aliphatic hydroxyl groups is 1. The van der Waals surface area contributed by atoms with Crippen molar-refractivity contribution in [3.05, 3.63) is 34.3 Å². The third-order valence-corrected chi connectivity index (χ3v) is 4.53. The fraction of sp³-hybridized carbons (Fsp3) is 0.538. The smallest absolute Gasteiger partial charge is 0.0903 e. The Morgan fingerprint density at radius 3 is 2.56 bits per heavy atom. The number of benzene rings is 1. The van der Waals surface area contributed by atoms with Crippen LogP contribution in [0.1, 0.15) is 18.4 Å². The third-order valence-electron chi connectivity index (χ3n) is 4.04. The van der Waals surface area contributed by atoms with Crippen LogP contribution < -0.4 is 5.32 Å². The number of hydrogen-bond donors (Lipinski definition) is 2. The molecule has 2 aliphatic rings. The van der Waals surface area contributed by atoms with Crippen LogP contribution in [0.25, 0.3) is 0 Å². The molecule has 0 aromatic heterocycles. The van der Waals surface area contributed by atoms with E-state index in [4.69, 9.17) is 0 Å². The lowest BCUT2D eigenvalue weighted by atomic mass is 9.91. The molecule has 16 heavy (non-hydrogen) atoms. The molecule has 2 atom stereocenters. The lowest BCUT2D eigenvalue weighted by Gasteiger charge is -2.24. The Bertz CT molecular complexity index is 395. The second-order valence-electron chi connectivity index (χ2n) is 5.13. The standard InChI is InChI=1S/C13H16BrNO/c14-12-3-1-2-11(4-12)13(16)5-9-7-15-8-10(9)6-13/h1-4,9-10,15-16H,5-8H2. The molecule has 3 rings (SSSR count). The predicted octanol–water partition coefficient (Wildman–Crippen LogP) is 2.27. The van der Waals surface area contributed by atoms with Gasteiger partial charge in [0.05, 0.1) is 5.60 Å². The molecular weight excluding hydrogens is 266 g/mol. The molecule has 0 radical (unpaired) electrons. The van der Waals surface area contributed by atoms with E-state index in [9.17, 15) is 5.11 Å². The normalized spacial score (nSPS) is 37.6. The summed E-state index contributed by atoms with van der Waals surface area (Å²) in [5.74, 6) is 1.31. The van der Waals surface area contributed by atoms with E-state index >= 15 is 0 Å². The van der Waals surface area contributed by atoms with E-state index < -0.39 is 5.60 Å². The first-order valence-electron chi connectivity index (χ1n) is 5.86. The van der Waals surface area contributed by atoms with Crippen LogP contribution in [0.15, 0.2) is 28.7 Å². The summed E-state index contributed by atoms with van der Waals surface area (Å²) < 4.78 is 1.05. The van der Waals surface area contributed by atoms with Crippen LogP contribution in [-0.4, -0.2) is 18.2 Å². The zero-order valence-corrected chi connectivity index (χ0v) is 10.7. The average molecular weight is 282 g/mol. The van der Waals surface area contributed by atoms with E-state index in [1.54, 1.807) is 0 Å². The minimum Gasteiger partial charge on any atom is -0.385 e. The molecule has 1 saturated heterocycles. The highest BCUT2D eigenvalue weighted by molar-refractivity contribution is 9.10. The summed E-state index contributed by atoms with van der Waals surface area (Å²) in [6.45, 7) is 2.14. The Morgan fingerprint density at radius 1 is 1.25 bits per heavy atom. The van der Waals surface area contributed by atoms with Crippen LogP contribution in [0.3, 0.4) is 0 Å². The molecule has 1 heterocycles. The van der Waals surface area contributed by atoms with Crippen molar-refractivity contribution in [2.45, 2.75) is 18.4 Å². The van der Waals surface area contributed by atoms with Gasteiger partial charge in [-0.25, -0.2) is 0 Å². The zero-order valence-electron chi connectivity index (χ0n) is 9.12. The number of rotatable bonds is 1. The molecular formula is C13H16BrNO.